The predicted octanol–water partition coefficient (Wildman–Crippen LogP) is 4.72. The Morgan fingerprint density at radius 1 is 0.818 bits per heavy atom. The van der Waals surface area contributed by atoms with Crippen molar-refractivity contribution in [1.82, 2.24) is 0 Å². The molecule has 0 amide bonds. The summed E-state index contributed by atoms with van der Waals surface area (Å²) in [5.74, 6) is 0.552. The molecule has 0 saturated heterocycles. The molecule has 5 rings (SSSR count). The standard InChI is InChI=1S/C24H14Cl2O7/c25-17-9-15-19(11-21(17)30-7-5-27)32-20-12-22(31-8-6-28)18(26)10-16(20)24(15)14-4-2-1-3-13(14)23(29)33-24/h1-6,9-12H,7-8H2. The van der Waals surface area contributed by atoms with Crippen LogP contribution in [-0.4, -0.2) is 31.8 Å². The Morgan fingerprint density at radius 3 is 1.91 bits per heavy atom. The number of hydrogen-bond acceptors (Lipinski definition) is 7. The van der Waals surface area contributed by atoms with Gasteiger partial charge in [0.2, 0.25) is 0 Å². The van der Waals surface area contributed by atoms with Crippen LogP contribution >= 0.6 is 23.2 Å². The molecule has 0 fully saturated rings. The van der Waals surface area contributed by atoms with Crippen molar-refractivity contribution in [2.24, 2.45) is 0 Å². The highest BCUT2D eigenvalue weighted by atomic mass is 35.5. The van der Waals surface area contributed by atoms with E-state index in [0.717, 1.165) is 0 Å². The van der Waals surface area contributed by atoms with Gasteiger partial charge in [-0.15, -0.1) is 0 Å². The first-order chi connectivity index (χ1) is 16.0. The average Bonchev–Trinajstić information content (AvgIpc) is 3.11. The summed E-state index contributed by atoms with van der Waals surface area (Å²) in [6.07, 6.45) is 1.20. The minimum absolute atomic E-state index is 0.197. The number of aldehydes is 2. The predicted molar refractivity (Wildman–Crippen MR) is 118 cm³/mol. The second kappa shape index (κ2) is 8.10. The van der Waals surface area contributed by atoms with Crippen LogP contribution < -0.4 is 14.2 Å². The Balaban J connectivity index is 1.78. The summed E-state index contributed by atoms with van der Waals surface area (Å²) in [5.41, 5.74) is 0.530. The summed E-state index contributed by atoms with van der Waals surface area (Å²) in [5, 5.41) is 0.416. The molecule has 9 heteroatoms. The van der Waals surface area contributed by atoms with Crippen molar-refractivity contribution in [1.29, 1.82) is 0 Å². The van der Waals surface area contributed by atoms with Gasteiger partial charge in [-0.2, -0.15) is 0 Å². The number of ether oxygens (including phenoxy) is 4. The van der Waals surface area contributed by atoms with Crippen molar-refractivity contribution in [3.63, 3.8) is 0 Å². The summed E-state index contributed by atoms with van der Waals surface area (Å²) in [7, 11) is 0. The van der Waals surface area contributed by atoms with Crippen LogP contribution in [0.3, 0.4) is 0 Å². The maximum absolute atomic E-state index is 12.9. The average molecular weight is 485 g/mol. The van der Waals surface area contributed by atoms with Crippen molar-refractivity contribution in [2.45, 2.75) is 5.60 Å². The van der Waals surface area contributed by atoms with Gasteiger partial charge < -0.3 is 18.9 Å². The van der Waals surface area contributed by atoms with E-state index in [-0.39, 0.29) is 34.8 Å². The molecule has 0 saturated carbocycles. The minimum atomic E-state index is -1.39. The third kappa shape index (κ3) is 3.23. The highest BCUT2D eigenvalue weighted by Crippen LogP contribution is 2.58. The quantitative estimate of drug-likeness (QED) is 0.369. The van der Waals surface area contributed by atoms with E-state index in [1.165, 1.54) is 12.1 Å². The van der Waals surface area contributed by atoms with Gasteiger partial charge in [-0.3, -0.25) is 9.59 Å². The monoisotopic (exact) mass is 484 g/mol. The summed E-state index contributed by atoms with van der Waals surface area (Å²) >= 11 is 12.9. The zero-order valence-corrected chi connectivity index (χ0v) is 18.3. The molecule has 0 bridgehead atoms. The highest BCUT2D eigenvalue weighted by Gasteiger charge is 2.54. The lowest BCUT2D eigenvalue weighted by Crippen LogP contribution is -2.33. The van der Waals surface area contributed by atoms with Gasteiger partial charge in [0, 0.05) is 28.8 Å². The topological polar surface area (TPSA) is 88.1 Å². The molecule has 2 aliphatic heterocycles. The first-order valence-corrected chi connectivity index (χ1v) is 10.6. The number of esters is 1. The van der Waals surface area contributed by atoms with Gasteiger partial charge in [0.1, 0.15) is 36.2 Å². The summed E-state index contributed by atoms with van der Waals surface area (Å²) in [6, 6.07) is 13.2. The van der Waals surface area contributed by atoms with E-state index in [9.17, 15) is 14.4 Å². The lowest BCUT2D eigenvalue weighted by Gasteiger charge is -2.37. The maximum Gasteiger partial charge on any atom is 0.340 e. The first-order valence-electron chi connectivity index (χ1n) is 9.81. The van der Waals surface area contributed by atoms with E-state index in [2.05, 4.69) is 0 Å². The van der Waals surface area contributed by atoms with Crippen LogP contribution in [0.15, 0.2) is 48.5 Å². The Kier molecular flexibility index (Phi) is 5.23. The van der Waals surface area contributed by atoms with Gasteiger partial charge >= 0.3 is 5.97 Å². The van der Waals surface area contributed by atoms with E-state index in [1.54, 1.807) is 36.4 Å². The van der Waals surface area contributed by atoms with Crippen LogP contribution in [0.25, 0.3) is 0 Å². The van der Waals surface area contributed by atoms with E-state index < -0.39 is 11.6 Å². The van der Waals surface area contributed by atoms with Gasteiger partial charge in [-0.25, -0.2) is 4.79 Å². The van der Waals surface area contributed by atoms with Gasteiger partial charge in [-0.1, -0.05) is 41.4 Å². The van der Waals surface area contributed by atoms with E-state index >= 15 is 0 Å². The maximum atomic E-state index is 12.9. The van der Waals surface area contributed by atoms with E-state index in [4.69, 9.17) is 42.1 Å². The zero-order chi connectivity index (χ0) is 23.2. The molecule has 0 aliphatic carbocycles. The Morgan fingerprint density at radius 2 is 1.36 bits per heavy atom. The number of carbonyl (C=O) groups excluding carboxylic acids is 3. The molecule has 166 valence electrons. The summed E-state index contributed by atoms with van der Waals surface area (Å²) in [6.45, 7) is -0.394. The van der Waals surface area contributed by atoms with Crippen LogP contribution in [0, 0.1) is 0 Å². The number of halogens is 2. The number of hydrogen-bond donors (Lipinski definition) is 0. The van der Waals surface area contributed by atoms with Crippen molar-refractivity contribution >= 4 is 41.7 Å². The Bertz CT molecular complexity index is 1250. The molecule has 2 heterocycles. The molecule has 2 aliphatic rings. The van der Waals surface area contributed by atoms with E-state index in [0.29, 0.717) is 46.3 Å². The van der Waals surface area contributed by atoms with Gasteiger partial charge in [0.05, 0.1) is 15.6 Å². The largest absolute Gasteiger partial charge is 0.484 e. The van der Waals surface area contributed by atoms with Crippen LogP contribution in [0.5, 0.6) is 23.0 Å². The molecule has 0 unspecified atom stereocenters. The Hall–Kier alpha value is -3.55. The SMILES string of the molecule is O=CCOc1cc2c(cc1Cl)C1(OC(=O)c3ccccc31)c1cc(Cl)c(OCC=O)cc1O2. The molecule has 0 radical (unpaired) electrons. The second-order valence-electron chi connectivity index (χ2n) is 7.23. The highest BCUT2D eigenvalue weighted by molar-refractivity contribution is 6.32. The lowest BCUT2D eigenvalue weighted by molar-refractivity contribution is -0.110. The van der Waals surface area contributed by atoms with Crippen molar-refractivity contribution in [3.05, 3.63) is 80.8 Å². The molecule has 0 aromatic heterocycles. The van der Waals surface area contributed by atoms with Gasteiger partial charge in [0.15, 0.2) is 18.2 Å². The zero-order valence-electron chi connectivity index (χ0n) is 16.8. The van der Waals surface area contributed by atoms with E-state index in [1.807, 2.05) is 0 Å². The Labute approximate surface area is 197 Å². The fourth-order valence-corrected chi connectivity index (χ4v) is 4.57. The molecular weight excluding hydrogens is 471 g/mol. The minimum Gasteiger partial charge on any atom is -0.484 e. The molecule has 3 aromatic rings. The molecule has 1 spiro atoms. The molecule has 7 nitrogen and oxygen atoms in total. The first kappa shape index (κ1) is 21.3. The molecular formula is C24H14Cl2O7. The summed E-state index contributed by atoms with van der Waals surface area (Å²) in [4.78, 5) is 34.4. The lowest BCUT2D eigenvalue weighted by atomic mass is 9.77. The molecule has 3 aromatic carbocycles. The summed E-state index contributed by atoms with van der Waals surface area (Å²) < 4.78 is 23.0. The molecule has 0 N–H and O–H groups in total. The van der Waals surface area contributed by atoms with Crippen molar-refractivity contribution < 1.29 is 33.3 Å². The van der Waals surface area contributed by atoms with Crippen molar-refractivity contribution in [3.8, 4) is 23.0 Å². The number of benzene rings is 3. The normalized spacial score (nSPS) is 14.4. The molecule has 0 atom stereocenters. The fraction of sp³-hybridized carbons (Fsp3) is 0.125. The fourth-order valence-electron chi connectivity index (χ4n) is 4.14. The smallest absolute Gasteiger partial charge is 0.340 e. The van der Waals surface area contributed by atoms with Crippen LogP contribution in [0.4, 0.5) is 0 Å². The number of carbonyl (C=O) groups is 3. The van der Waals surface area contributed by atoms with Crippen molar-refractivity contribution in [2.75, 3.05) is 13.2 Å². The van der Waals surface area contributed by atoms with Crippen LogP contribution in [0.2, 0.25) is 10.0 Å². The van der Waals surface area contributed by atoms with Gasteiger partial charge in [0.25, 0.3) is 0 Å². The van der Waals surface area contributed by atoms with Crippen LogP contribution in [0.1, 0.15) is 27.0 Å². The molecule has 33 heavy (non-hydrogen) atoms. The third-order valence-electron chi connectivity index (χ3n) is 5.43. The second-order valence-corrected chi connectivity index (χ2v) is 8.05. The van der Waals surface area contributed by atoms with Crippen LogP contribution in [-0.2, 0) is 19.9 Å². The number of rotatable bonds is 6. The third-order valence-corrected chi connectivity index (χ3v) is 6.02. The number of fused-ring (bicyclic) bond motifs is 6. The van der Waals surface area contributed by atoms with Gasteiger partial charge in [-0.05, 0) is 18.2 Å².